The lowest BCUT2D eigenvalue weighted by molar-refractivity contribution is 0.279. The molecule has 3 rings (SSSR count). The van der Waals surface area contributed by atoms with E-state index in [2.05, 4.69) is 4.72 Å². The van der Waals surface area contributed by atoms with Crippen LogP contribution in [0.2, 0.25) is 0 Å². The summed E-state index contributed by atoms with van der Waals surface area (Å²) in [5, 5.41) is -0.408. The summed E-state index contributed by atoms with van der Waals surface area (Å²) >= 11 is 6.41. The molecule has 1 atom stereocenters. The van der Waals surface area contributed by atoms with Gasteiger partial charge in [0.1, 0.15) is 5.82 Å². The Balaban J connectivity index is 0.00000341. The van der Waals surface area contributed by atoms with E-state index in [0.29, 0.717) is 19.6 Å². The predicted octanol–water partition coefficient (Wildman–Crippen LogP) is 2.73. The first-order valence-corrected chi connectivity index (χ1v) is 13.0. The summed E-state index contributed by atoms with van der Waals surface area (Å²) < 4.78 is 65.5. The molecule has 0 aliphatic carbocycles. The van der Waals surface area contributed by atoms with Gasteiger partial charge in [-0.05, 0) is 42.0 Å². The Morgan fingerprint density at radius 2 is 1.61 bits per heavy atom. The molecule has 1 heterocycles. The molecule has 172 valence electrons. The van der Waals surface area contributed by atoms with E-state index in [0.717, 1.165) is 11.8 Å². The van der Waals surface area contributed by atoms with Crippen LogP contribution in [-0.4, -0.2) is 63.9 Å². The highest BCUT2D eigenvalue weighted by molar-refractivity contribution is 7.92. The van der Waals surface area contributed by atoms with Crippen LogP contribution in [0.3, 0.4) is 0 Å². The minimum Gasteiger partial charge on any atom is -0.296 e. The Labute approximate surface area is 193 Å². The van der Waals surface area contributed by atoms with E-state index in [9.17, 15) is 21.2 Å². The van der Waals surface area contributed by atoms with Gasteiger partial charge in [-0.25, -0.2) is 21.2 Å². The molecule has 1 saturated heterocycles. The predicted molar refractivity (Wildman–Crippen MR) is 122 cm³/mol. The molecular weight excluding hydrogens is 488 g/mol. The molecule has 12 heteroatoms. The van der Waals surface area contributed by atoms with Crippen LogP contribution >= 0.6 is 24.0 Å². The van der Waals surface area contributed by atoms with Gasteiger partial charge in [-0.15, -0.1) is 24.0 Å². The third-order valence-electron chi connectivity index (χ3n) is 4.64. The van der Waals surface area contributed by atoms with Crippen LogP contribution in [0.1, 0.15) is 5.56 Å². The van der Waals surface area contributed by atoms with E-state index in [-0.39, 0.29) is 41.9 Å². The van der Waals surface area contributed by atoms with Gasteiger partial charge in [0.2, 0.25) is 20.0 Å². The van der Waals surface area contributed by atoms with E-state index < -0.39 is 25.4 Å². The van der Waals surface area contributed by atoms with Gasteiger partial charge in [0.05, 0.1) is 16.5 Å². The minimum atomic E-state index is -3.79. The van der Waals surface area contributed by atoms with Crippen LogP contribution in [0, 0.1) is 5.82 Å². The summed E-state index contributed by atoms with van der Waals surface area (Å²) in [5.74, 6) is -0.306. The smallest absolute Gasteiger partial charge is 0.243 e. The molecule has 0 saturated carbocycles. The summed E-state index contributed by atoms with van der Waals surface area (Å²) in [6, 6.07) is 11.7. The number of halogens is 3. The Hall–Kier alpha value is -1.43. The third kappa shape index (κ3) is 7.30. The fourth-order valence-electron chi connectivity index (χ4n) is 3.26. The van der Waals surface area contributed by atoms with Crippen molar-refractivity contribution >= 4 is 49.7 Å². The maximum absolute atomic E-state index is 13.1. The normalized spacial score (nSPS) is 18.7. The summed E-state index contributed by atoms with van der Waals surface area (Å²) in [6.07, 6.45) is 1.02. The molecule has 1 N–H and O–H groups in total. The second kappa shape index (κ2) is 10.5. The molecule has 1 aliphatic rings. The second-order valence-electron chi connectivity index (χ2n) is 7.22. The molecule has 0 amide bonds. The molecule has 1 fully saturated rings. The molecule has 7 nitrogen and oxygen atoms in total. The Kier molecular flexibility index (Phi) is 8.71. The van der Waals surface area contributed by atoms with Crippen molar-refractivity contribution in [3.63, 3.8) is 0 Å². The van der Waals surface area contributed by atoms with E-state index >= 15 is 0 Å². The van der Waals surface area contributed by atoms with Gasteiger partial charge < -0.3 is 0 Å². The topological polar surface area (TPSA) is 86.8 Å². The van der Waals surface area contributed by atoms with Crippen LogP contribution in [-0.2, 0) is 26.6 Å². The van der Waals surface area contributed by atoms with Gasteiger partial charge in [0, 0.05) is 38.4 Å². The van der Waals surface area contributed by atoms with Crippen LogP contribution in [0.15, 0.2) is 53.4 Å². The first-order valence-electron chi connectivity index (χ1n) is 9.22. The van der Waals surface area contributed by atoms with Crippen LogP contribution in [0.5, 0.6) is 0 Å². The van der Waals surface area contributed by atoms with Crippen molar-refractivity contribution in [3.8, 4) is 0 Å². The number of alkyl halides is 1. The lowest BCUT2D eigenvalue weighted by atomic mass is 10.2. The summed E-state index contributed by atoms with van der Waals surface area (Å²) in [5.41, 5.74) is 1.21. The molecule has 31 heavy (non-hydrogen) atoms. The number of nitrogens with zero attached hydrogens (tertiary/aromatic N) is 2. The highest BCUT2D eigenvalue weighted by atomic mass is 35.5. The Morgan fingerprint density at radius 3 is 2.19 bits per heavy atom. The lowest BCUT2D eigenvalue weighted by Gasteiger charge is -2.21. The van der Waals surface area contributed by atoms with Gasteiger partial charge in [-0.3, -0.25) is 9.62 Å². The van der Waals surface area contributed by atoms with Crippen molar-refractivity contribution < 1.29 is 21.2 Å². The fourth-order valence-corrected chi connectivity index (χ4v) is 5.75. The largest absolute Gasteiger partial charge is 0.296 e. The highest BCUT2D eigenvalue weighted by Crippen LogP contribution is 2.22. The van der Waals surface area contributed by atoms with Gasteiger partial charge in [-0.2, -0.15) is 4.31 Å². The number of rotatable bonds is 6. The van der Waals surface area contributed by atoms with Crippen molar-refractivity contribution in [2.75, 3.05) is 37.2 Å². The number of sulfonamides is 2. The van der Waals surface area contributed by atoms with Gasteiger partial charge in [0.25, 0.3) is 0 Å². The van der Waals surface area contributed by atoms with Crippen LogP contribution in [0.4, 0.5) is 10.1 Å². The van der Waals surface area contributed by atoms with Crippen molar-refractivity contribution in [1.82, 2.24) is 9.21 Å². The van der Waals surface area contributed by atoms with E-state index in [4.69, 9.17) is 11.6 Å². The SMILES string of the molecule is CS(=O)(=O)Nc1ccc(S(=O)(=O)N2CCN(Cc3ccc(F)cc3)CC(Cl)C2)cc1.Cl. The van der Waals surface area contributed by atoms with Crippen molar-refractivity contribution in [1.29, 1.82) is 0 Å². The van der Waals surface area contributed by atoms with Gasteiger partial charge >= 0.3 is 0 Å². The highest BCUT2D eigenvalue weighted by Gasteiger charge is 2.30. The van der Waals surface area contributed by atoms with E-state index in [1.807, 2.05) is 4.90 Å². The number of hydrogen-bond donors (Lipinski definition) is 1. The molecule has 2 aromatic rings. The lowest BCUT2D eigenvalue weighted by Crippen LogP contribution is -2.36. The Morgan fingerprint density at radius 1 is 1.00 bits per heavy atom. The molecule has 0 aromatic heterocycles. The molecule has 0 spiro atoms. The monoisotopic (exact) mass is 511 g/mol. The first-order chi connectivity index (χ1) is 14.0. The quantitative estimate of drug-likeness (QED) is 0.602. The Bertz CT molecular complexity index is 1080. The average molecular weight is 512 g/mol. The van der Waals surface area contributed by atoms with Crippen molar-refractivity contribution in [2.24, 2.45) is 0 Å². The van der Waals surface area contributed by atoms with Crippen molar-refractivity contribution in [3.05, 3.63) is 59.9 Å². The molecule has 1 aliphatic heterocycles. The van der Waals surface area contributed by atoms with E-state index in [1.54, 1.807) is 12.1 Å². The standard InChI is InChI=1S/C19H23ClFN3O4S2.ClH/c1-29(25,26)22-18-6-8-19(9-7-18)30(27,28)24-11-10-23(13-16(20)14-24)12-15-2-4-17(21)5-3-15;/h2-9,16,22H,10-14H2,1H3;1H. The molecule has 0 bridgehead atoms. The zero-order valence-corrected chi connectivity index (χ0v) is 19.9. The van der Waals surface area contributed by atoms with Crippen LogP contribution < -0.4 is 4.72 Å². The number of hydrogen-bond acceptors (Lipinski definition) is 5. The zero-order chi connectivity index (χ0) is 21.9. The average Bonchev–Trinajstić information content (AvgIpc) is 2.84. The summed E-state index contributed by atoms with van der Waals surface area (Å²) in [4.78, 5) is 2.11. The number of anilines is 1. The summed E-state index contributed by atoms with van der Waals surface area (Å²) in [6.45, 7) is 1.95. The number of nitrogens with one attached hydrogen (secondary N) is 1. The molecule has 2 aromatic carbocycles. The molecule has 1 unspecified atom stereocenters. The molecule has 0 radical (unpaired) electrons. The fraction of sp³-hybridized carbons (Fsp3) is 0.368. The second-order valence-corrected chi connectivity index (χ2v) is 11.5. The van der Waals surface area contributed by atoms with Crippen LogP contribution in [0.25, 0.3) is 0 Å². The number of benzene rings is 2. The van der Waals surface area contributed by atoms with E-state index in [1.165, 1.54) is 40.7 Å². The molecular formula is C19H24Cl2FN3O4S2. The zero-order valence-electron chi connectivity index (χ0n) is 16.7. The summed E-state index contributed by atoms with van der Waals surface area (Å²) in [7, 11) is -7.23. The maximum Gasteiger partial charge on any atom is 0.243 e. The van der Waals surface area contributed by atoms with Gasteiger partial charge in [0.15, 0.2) is 0 Å². The third-order valence-corrected chi connectivity index (χ3v) is 7.40. The first kappa shape index (κ1) is 25.8. The van der Waals surface area contributed by atoms with Crippen molar-refractivity contribution in [2.45, 2.75) is 16.8 Å². The van der Waals surface area contributed by atoms with Gasteiger partial charge in [-0.1, -0.05) is 12.1 Å². The maximum atomic E-state index is 13.1. The minimum absolute atomic E-state index is 0.